The number of hydrogen-bond acceptors (Lipinski definition) is 3. The predicted octanol–water partition coefficient (Wildman–Crippen LogP) is 2.95. The van der Waals surface area contributed by atoms with E-state index in [0.717, 1.165) is 28.2 Å². The highest BCUT2D eigenvalue weighted by atomic mass is 16.5. The summed E-state index contributed by atoms with van der Waals surface area (Å²) in [4.78, 5) is 14.7. The van der Waals surface area contributed by atoms with E-state index >= 15 is 0 Å². The molecular formula is C18H24N4O2. The van der Waals surface area contributed by atoms with Crippen LogP contribution in [0, 0.1) is 20.8 Å². The summed E-state index contributed by atoms with van der Waals surface area (Å²) < 4.78 is 7.50. The molecule has 1 aliphatic heterocycles. The summed E-state index contributed by atoms with van der Waals surface area (Å²) in [5.74, 6) is 0. The van der Waals surface area contributed by atoms with Crippen molar-refractivity contribution < 1.29 is 9.53 Å². The lowest BCUT2D eigenvalue weighted by atomic mass is 10.0. The van der Waals surface area contributed by atoms with Crippen LogP contribution in [0.5, 0.6) is 0 Å². The van der Waals surface area contributed by atoms with Crippen molar-refractivity contribution in [2.24, 2.45) is 7.05 Å². The summed E-state index contributed by atoms with van der Waals surface area (Å²) in [6.07, 6.45) is 0. The van der Waals surface area contributed by atoms with Gasteiger partial charge in [0.25, 0.3) is 0 Å². The van der Waals surface area contributed by atoms with Crippen molar-refractivity contribution in [3.63, 3.8) is 0 Å². The number of nitrogens with one attached hydrogen (secondary N) is 1. The van der Waals surface area contributed by atoms with E-state index in [1.165, 1.54) is 0 Å². The molecule has 6 nitrogen and oxygen atoms in total. The highest BCUT2D eigenvalue weighted by Gasteiger charge is 2.32. The zero-order chi connectivity index (χ0) is 17.3. The summed E-state index contributed by atoms with van der Waals surface area (Å²) in [6, 6.07) is 7.61. The lowest BCUT2D eigenvalue weighted by molar-refractivity contribution is 0.0143. The number of rotatable bonds is 2. The number of aromatic nitrogens is 2. The van der Waals surface area contributed by atoms with Crippen molar-refractivity contribution in [2.45, 2.75) is 26.8 Å². The van der Waals surface area contributed by atoms with Crippen LogP contribution in [0.3, 0.4) is 0 Å². The van der Waals surface area contributed by atoms with Gasteiger partial charge in [-0.15, -0.1) is 0 Å². The van der Waals surface area contributed by atoms with Gasteiger partial charge in [0.2, 0.25) is 0 Å². The first-order valence-corrected chi connectivity index (χ1v) is 8.19. The van der Waals surface area contributed by atoms with Crippen molar-refractivity contribution in [3.8, 4) is 0 Å². The van der Waals surface area contributed by atoms with E-state index in [9.17, 15) is 4.79 Å². The quantitative estimate of drug-likeness (QED) is 0.922. The summed E-state index contributed by atoms with van der Waals surface area (Å²) in [7, 11) is 1.92. The molecule has 0 spiro atoms. The molecule has 1 aliphatic rings. The number of hydrogen-bond donors (Lipinski definition) is 1. The number of nitrogens with zero attached hydrogens (tertiary/aromatic N) is 3. The van der Waals surface area contributed by atoms with E-state index in [4.69, 9.17) is 4.74 Å². The number of benzene rings is 1. The second-order valence-corrected chi connectivity index (χ2v) is 6.29. The maximum absolute atomic E-state index is 12.8. The van der Waals surface area contributed by atoms with E-state index < -0.39 is 0 Å². The second-order valence-electron chi connectivity index (χ2n) is 6.29. The van der Waals surface area contributed by atoms with Crippen LogP contribution in [0.4, 0.5) is 10.5 Å². The summed E-state index contributed by atoms with van der Waals surface area (Å²) >= 11 is 0. The van der Waals surface area contributed by atoms with E-state index in [1.807, 2.05) is 61.7 Å². The standard InChI is InChI=1S/C18H24N4O2/c1-12-6-5-7-15(10-12)19-18(23)22-8-9-24-11-16(22)17-13(2)20-21(4)14(17)3/h5-7,10,16H,8-9,11H2,1-4H3,(H,19,23)/t16-/m0/s1. The van der Waals surface area contributed by atoms with Gasteiger partial charge in [-0.3, -0.25) is 4.68 Å². The molecule has 0 aliphatic carbocycles. The Hall–Kier alpha value is -2.34. The maximum atomic E-state index is 12.8. The molecule has 0 bridgehead atoms. The lowest BCUT2D eigenvalue weighted by Crippen LogP contribution is -2.45. The Bertz CT molecular complexity index is 753. The molecule has 24 heavy (non-hydrogen) atoms. The number of urea groups is 1. The average Bonchev–Trinajstić information content (AvgIpc) is 2.80. The summed E-state index contributed by atoms with van der Waals surface area (Å²) in [6.45, 7) is 7.63. The zero-order valence-corrected chi connectivity index (χ0v) is 14.7. The second kappa shape index (κ2) is 6.65. The van der Waals surface area contributed by atoms with Crippen molar-refractivity contribution in [3.05, 3.63) is 46.8 Å². The molecule has 3 rings (SSSR count). The topological polar surface area (TPSA) is 59.4 Å². The molecule has 2 heterocycles. The van der Waals surface area contributed by atoms with Gasteiger partial charge in [-0.2, -0.15) is 5.10 Å². The molecule has 0 saturated carbocycles. The van der Waals surface area contributed by atoms with Gasteiger partial charge in [0.15, 0.2) is 0 Å². The Morgan fingerprint density at radius 2 is 2.12 bits per heavy atom. The van der Waals surface area contributed by atoms with E-state index in [0.29, 0.717) is 19.8 Å². The van der Waals surface area contributed by atoms with Crippen LogP contribution < -0.4 is 5.32 Å². The molecular weight excluding hydrogens is 304 g/mol. The normalized spacial score (nSPS) is 17.8. The van der Waals surface area contributed by atoms with Crippen molar-refractivity contribution in [1.29, 1.82) is 0 Å². The first-order valence-electron chi connectivity index (χ1n) is 8.19. The van der Waals surface area contributed by atoms with Gasteiger partial charge in [0.05, 0.1) is 24.9 Å². The Balaban J connectivity index is 1.85. The Morgan fingerprint density at radius 1 is 1.33 bits per heavy atom. The van der Waals surface area contributed by atoms with Gasteiger partial charge < -0.3 is 15.0 Å². The summed E-state index contributed by atoms with van der Waals surface area (Å²) in [5.41, 5.74) is 5.02. The Kier molecular flexibility index (Phi) is 4.57. The first kappa shape index (κ1) is 16.5. The SMILES string of the molecule is Cc1cccc(NC(=O)N2CCOC[C@H]2c2c(C)nn(C)c2C)c1. The lowest BCUT2D eigenvalue weighted by Gasteiger charge is -2.36. The number of anilines is 1. The third-order valence-electron chi connectivity index (χ3n) is 4.56. The highest BCUT2D eigenvalue weighted by Crippen LogP contribution is 2.29. The molecule has 2 aromatic rings. The smallest absolute Gasteiger partial charge is 0.322 e. The predicted molar refractivity (Wildman–Crippen MR) is 93.1 cm³/mol. The van der Waals surface area contributed by atoms with Gasteiger partial charge in [0.1, 0.15) is 0 Å². The molecule has 128 valence electrons. The van der Waals surface area contributed by atoms with Crippen LogP contribution in [0.25, 0.3) is 0 Å². The van der Waals surface area contributed by atoms with Crippen LogP contribution in [0.2, 0.25) is 0 Å². The maximum Gasteiger partial charge on any atom is 0.322 e. The molecule has 1 fully saturated rings. The molecule has 6 heteroatoms. The first-order chi connectivity index (χ1) is 11.5. The van der Waals surface area contributed by atoms with Crippen molar-refractivity contribution >= 4 is 11.7 Å². The Morgan fingerprint density at radius 3 is 2.79 bits per heavy atom. The fraction of sp³-hybridized carbons (Fsp3) is 0.444. The highest BCUT2D eigenvalue weighted by molar-refractivity contribution is 5.89. The molecule has 1 aromatic carbocycles. The number of carbonyl (C=O) groups is 1. The fourth-order valence-corrected chi connectivity index (χ4v) is 3.28. The average molecular weight is 328 g/mol. The van der Waals surface area contributed by atoms with E-state index in [-0.39, 0.29) is 12.1 Å². The molecule has 1 atom stereocenters. The minimum atomic E-state index is -0.114. The van der Waals surface area contributed by atoms with Crippen molar-refractivity contribution in [1.82, 2.24) is 14.7 Å². The van der Waals surface area contributed by atoms with Gasteiger partial charge >= 0.3 is 6.03 Å². The van der Waals surface area contributed by atoms with Gasteiger partial charge in [-0.1, -0.05) is 12.1 Å². The van der Waals surface area contributed by atoms with Crippen LogP contribution >= 0.6 is 0 Å². The molecule has 0 radical (unpaired) electrons. The third-order valence-corrected chi connectivity index (χ3v) is 4.56. The van der Waals surface area contributed by atoms with Gasteiger partial charge in [-0.05, 0) is 38.5 Å². The minimum absolute atomic E-state index is 0.100. The van der Waals surface area contributed by atoms with Crippen LogP contribution in [0.1, 0.15) is 28.6 Å². The largest absolute Gasteiger partial charge is 0.377 e. The minimum Gasteiger partial charge on any atom is -0.377 e. The van der Waals surface area contributed by atoms with Gasteiger partial charge in [0, 0.05) is 30.5 Å². The number of carbonyl (C=O) groups excluding carboxylic acids is 1. The third kappa shape index (κ3) is 3.14. The number of amides is 2. The molecule has 1 saturated heterocycles. The van der Waals surface area contributed by atoms with Gasteiger partial charge in [-0.25, -0.2) is 4.79 Å². The van der Waals surface area contributed by atoms with Crippen LogP contribution in [-0.4, -0.2) is 40.5 Å². The van der Waals surface area contributed by atoms with Crippen LogP contribution in [0.15, 0.2) is 24.3 Å². The van der Waals surface area contributed by atoms with E-state index in [1.54, 1.807) is 0 Å². The Labute approximate surface area is 142 Å². The van der Waals surface area contributed by atoms with Crippen molar-refractivity contribution in [2.75, 3.05) is 25.1 Å². The number of aryl methyl sites for hydroxylation is 3. The molecule has 0 unspecified atom stereocenters. The molecule has 1 aromatic heterocycles. The molecule has 1 N–H and O–H groups in total. The summed E-state index contributed by atoms with van der Waals surface area (Å²) in [5, 5.41) is 7.48. The zero-order valence-electron chi connectivity index (χ0n) is 14.7. The van der Waals surface area contributed by atoms with Crippen LogP contribution in [-0.2, 0) is 11.8 Å². The number of ether oxygens (including phenoxy) is 1. The van der Waals surface area contributed by atoms with E-state index in [2.05, 4.69) is 10.4 Å². The monoisotopic (exact) mass is 328 g/mol. The fourth-order valence-electron chi connectivity index (χ4n) is 3.28. The molecule has 2 amide bonds. The number of morpholine rings is 1.